The van der Waals surface area contributed by atoms with Gasteiger partial charge in [-0.2, -0.15) is 0 Å². The van der Waals surface area contributed by atoms with Gasteiger partial charge in [0.2, 0.25) is 0 Å². The molecule has 0 aromatic carbocycles. The Morgan fingerprint density at radius 2 is 1.92 bits per heavy atom. The van der Waals surface area contributed by atoms with E-state index >= 15 is 0 Å². The van der Waals surface area contributed by atoms with Crippen molar-refractivity contribution in [3.05, 3.63) is 9.98 Å². The van der Waals surface area contributed by atoms with Crippen LogP contribution in [0, 0.1) is 0 Å². The van der Waals surface area contributed by atoms with Crippen molar-refractivity contribution < 1.29 is 0 Å². The van der Waals surface area contributed by atoms with Gasteiger partial charge < -0.3 is 0 Å². The van der Waals surface area contributed by atoms with Crippen LogP contribution in [0.25, 0.3) is 0 Å². The van der Waals surface area contributed by atoms with E-state index < -0.39 is 8.07 Å². The predicted molar refractivity (Wildman–Crippen MR) is 66.6 cm³/mol. The maximum Gasteiger partial charge on any atom is 0.123 e. The Morgan fingerprint density at radius 1 is 1.38 bits per heavy atom. The molecule has 0 bridgehead atoms. The molecule has 0 spiro atoms. The van der Waals surface area contributed by atoms with Crippen LogP contribution in [0.5, 0.6) is 0 Å². The van der Waals surface area contributed by atoms with E-state index in [9.17, 15) is 0 Å². The molecule has 13 heavy (non-hydrogen) atoms. The zero-order valence-electron chi connectivity index (χ0n) is 8.81. The third-order valence-electron chi connectivity index (χ3n) is 2.89. The monoisotopic (exact) mass is 277 g/mol. The van der Waals surface area contributed by atoms with Crippen LogP contribution in [0.1, 0.15) is 20.8 Å². The molecule has 1 aromatic rings. The number of aromatic nitrogens is 1. The number of nitrogens with zero attached hydrogens (tertiary/aromatic N) is 1. The van der Waals surface area contributed by atoms with E-state index in [-0.39, 0.29) is 0 Å². The molecule has 0 saturated heterocycles. The Hall–Kier alpha value is 0.327. The van der Waals surface area contributed by atoms with Crippen LogP contribution < -0.4 is 4.63 Å². The van der Waals surface area contributed by atoms with Crippen molar-refractivity contribution in [2.24, 2.45) is 0 Å². The maximum absolute atomic E-state index is 4.55. The van der Waals surface area contributed by atoms with Gasteiger partial charge in [-0.3, -0.25) is 0 Å². The number of hydrogen-bond acceptors (Lipinski definition) is 2. The maximum atomic E-state index is 4.55. The normalized spacial score (nSPS) is 13.4. The van der Waals surface area contributed by atoms with Crippen LogP contribution >= 0.6 is 27.3 Å². The van der Waals surface area contributed by atoms with Gasteiger partial charge in [0.05, 0.1) is 4.63 Å². The molecule has 4 heteroatoms. The summed E-state index contributed by atoms with van der Waals surface area (Å²) in [5.74, 6) is 0. The first-order valence-electron chi connectivity index (χ1n) is 4.36. The first-order valence-corrected chi connectivity index (χ1v) is 9.04. The van der Waals surface area contributed by atoms with Crippen LogP contribution in [0.15, 0.2) is 9.98 Å². The smallest absolute Gasteiger partial charge is 0.123 e. The molecule has 1 rings (SSSR count). The molecule has 0 aliphatic heterocycles. The van der Waals surface area contributed by atoms with E-state index in [4.69, 9.17) is 0 Å². The average Bonchev–Trinajstić information content (AvgIpc) is 2.33. The summed E-state index contributed by atoms with van der Waals surface area (Å²) in [4.78, 5) is 4.55. The van der Waals surface area contributed by atoms with Crippen molar-refractivity contribution in [3.63, 3.8) is 0 Å². The topological polar surface area (TPSA) is 12.9 Å². The lowest BCUT2D eigenvalue weighted by Gasteiger charge is -2.34. The minimum atomic E-state index is -1.38. The van der Waals surface area contributed by atoms with Crippen LogP contribution in [0.3, 0.4) is 0 Å². The molecule has 0 unspecified atom stereocenters. The van der Waals surface area contributed by atoms with Gasteiger partial charge in [0.15, 0.2) is 0 Å². The minimum absolute atomic E-state index is 0.379. The van der Waals surface area contributed by atoms with Crippen molar-refractivity contribution >= 4 is 40.0 Å². The fourth-order valence-electron chi connectivity index (χ4n) is 0.862. The van der Waals surface area contributed by atoms with E-state index in [0.29, 0.717) is 5.04 Å². The Morgan fingerprint density at radius 3 is 2.23 bits per heavy atom. The first kappa shape index (κ1) is 11.4. The number of thiazole rings is 1. The van der Waals surface area contributed by atoms with Crippen LogP contribution in [0.2, 0.25) is 18.1 Å². The van der Waals surface area contributed by atoms with Crippen molar-refractivity contribution in [2.45, 2.75) is 38.9 Å². The number of rotatable bonds is 1. The van der Waals surface area contributed by atoms with Crippen LogP contribution in [0.4, 0.5) is 0 Å². The molecule has 1 heterocycles. The lowest BCUT2D eigenvalue weighted by atomic mass is 10.2. The highest BCUT2D eigenvalue weighted by atomic mass is 79.9. The van der Waals surface area contributed by atoms with Gasteiger partial charge in [-0.05, 0) is 21.0 Å². The lowest BCUT2D eigenvalue weighted by molar-refractivity contribution is 0.729. The summed E-state index contributed by atoms with van der Waals surface area (Å²) in [6, 6.07) is 0. The van der Waals surface area contributed by atoms with Crippen molar-refractivity contribution in [3.8, 4) is 0 Å². The van der Waals surface area contributed by atoms with E-state index in [1.807, 2.05) is 0 Å². The van der Waals surface area contributed by atoms with Gasteiger partial charge in [0.25, 0.3) is 0 Å². The molecule has 1 aromatic heterocycles. The van der Waals surface area contributed by atoms with Gasteiger partial charge in [-0.1, -0.05) is 33.9 Å². The molecule has 0 saturated carbocycles. The van der Waals surface area contributed by atoms with Crippen molar-refractivity contribution in [1.29, 1.82) is 0 Å². The van der Waals surface area contributed by atoms with Crippen LogP contribution in [-0.2, 0) is 0 Å². The molecule has 0 N–H and O–H groups in total. The fourth-order valence-corrected chi connectivity index (χ4v) is 5.33. The van der Waals surface area contributed by atoms with Crippen molar-refractivity contribution in [1.82, 2.24) is 4.98 Å². The second-order valence-electron chi connectivity index (χ2n) is 4.85. The summed E-state index contributed by atoms with van der Waals surface area (Å²) in [6.45, 7) is 11.7. The van der Waals surface area contributed by atoms with Crippen molar-refractivity contribution in [2.75, 3.05) is 0 Å². The standard InChI is InChI=1S/C9H16BrNSSi/c1-9(2,3)13(4,5)8-11-7(10)6-12-8/h6H,1-5H3. The highest BCUT2D eigenvalue weighted by molar-refractivity contribution is 9.10. The summed E-state index contributed by atoms with van der Waals surface area (Å²) in [6.07, 6.45) is 0. The summed E-state index contributed by atoms with van der Waals surface area (Å²) in [7, 11) is -1.38. The Labute approximate surface area is 93.7 Å². The molecule has 0 atom stereocenters. The SMILES string of the molecule is CC(C)(C)[Si](C)(C)c1nc(Br)cs1. The predicted octanol–water partition coefficient (Wildman–Crippen LogP) is 3.62. The van der Waals surface area contributed by atoms with Gasteiger partial charge in [-0.25, -0.2) is 4.98 Å². The zero-order valence-corrected chi connectivity index (χ0v) is 12.2. The van der Waals surface area contributed by atoms with Gasteiger partial charge >= 0.3 is 0 Å². The second-order valence-corrected chi connectivity index (χ2v) is 12.1. The summed E-state index contributed by atoms with van der Waals surface area (Å²) < 4.78 is 2.32. The molecular weight excluding hydrogens is 262 g/mol. The summed E-state index contributed by atoms with van der Waals surface area (Å²) in [5, 5.41) is 2.46. The highest BCUT2D eigenvalue weighted by Gasteiger charge is 2.39. The number of hydrogen-bond donors (Lipinski definition) is 0. The molecule has 74 valence electrons. The molecule has 1 nitrogen and oxygen atoms in total. The summed E-state index contributed by atoms with van der Waals surface area (Å²) >= 11 is 5.20. The van der Waals surface area contributed by atoms with E-state index in [1.165, 1.54) is 4.63 Å². The number of halogens is 1. The Bertz CT molecular complexity index is 301. The van der Waals surface area contributed by atoms with Gasteiger partial charge in [-0.15, -0.1) is 11.3 Å². The molecule has 0 aliphatic rings. The minimum Gasteiger partial charge on any atom is -0.239 e. The van der Waals surface area contributed by atoms with E-state index in [2.05, 4.69) is 60.2 Å². The quantitative estimate of drug-likeness (QED) is 0.715. The zero-order chi connectivity index (χ0) is 10.3. The largest absolute Gasteiger partial charge is 0.239 e. The second kappa shape index (κ2) is 3.48. The molecule has 0 aliphatic carbocycles. The molecule has 0 amide bonds. The van der Waals surface area contributed by atoms with Gasteiger partial charge in [0.1, 0.15) is 12.7 Å². The molecule has 0 fully saturated rings. The summed E-state index contributed by atoms with van der Waals surface area (Å²) in [5.41, 5.74) is 0. The molecule has 0 radical (unpaired) electrons. The third-order valence-corrected chi connectivity index (χ3v) is 11.1. The third kappa shape index (κ3) is 2.22. The van der Waals surface area contributed by atoms with E-state index in [1.54, 1.807) is 11.3 Å². The average molecular weight is 278 g/mol. The van der Waals surface area contributed by atoms with Gasteiger partial charge in [0, 0.05) is 5.38 Å². The highest BCUT2D eigenvalue weighted by Crippen LogP contribution is 2.36. The van der Waals surface area contributed by atoms with Crippen LogP contribution in [-0.4, -0.2) is 13.1 Å². The Balaban J connectivity index is 3.07. The fraction of sp³-hybridized carbons (Fsp3) is 0.667. The first-order chi connectivity index (χ1) is 5.75. The Kier molecular flexibility index (Phi) is 3.05. The lowest BCUT2D eigenvalue weighted by Crippen LogP contribution is -2.49. The molecular formula is C9H16BrNSSi. The van der Waals surface area contributed by atoms with E-state index in [0.717, 1.165) is 4.60 Å².